The number of esters is 1. The molecule has 0 spiro atoms. The summed E-state index contributed by atoms with van der Waals surface area (Å²) >= 11 is 6.26. The maximum absolute atomic E-state index is 10.4. The first kappa shape index (κ1) is 8.42. The molecule has 0 fully saturated rings. The van der Waals surface area contributed by atoms with Crippen LogP contribution in [0.25, 0.3) is 0 Å². The van der Waals surface area contributed by atoms with Crippen LogP contribution in [0.15, 0.2) is 5.38 Å². The van der Waals surface area contributed by atoms with E-state index in [9.17, 15) is 4.79 Å². The number of carbonyl (C=O) groups excluding carboxylic acids is 1. The average Bonchev–Trinajstić information content (AvgIpc) is 2.31. The van der Waals surface area contributed by atoms with Crippen molar-refractivity contribution in [1.82, 2.24) is 4.98 Å². The summed E-state index contributed by atoms with van der Waals surface area (Å²) in [5.74, 6) is -0.282. The average molecular weight is 189 g/mol. The van der Waals surface area contributed by atoms with Crippen molar-refractivity contribution in [2.24, 2.45) is 0 Å². The Bertz CT molecular complexity index is 302. The zero-order chi connectivity index (χ0) is 8.27. The number of thiazole rings is 1. The molecule has 0 amide bonds. The Kier molecular flexibility index (Phi) is 2.78. The Morgan fingerprint density at radius 3 is 3.09 bits per heavy atom. The van der Waals surface area contributed by atoms with Crippen LogP contribution in [0.3, 0.4) is 0 Å². The van der Waals surface area contributed by atoms with Crippen LogP contribution in [0, 0.1) is 3.95 Å². The number of carbonyl (C=O) groups is 1. The van der Waals surface area contributed by atoms with Crippen molar-refractivity contribution in [3.63, 3.8) is 0 Å². The summed E-state index contributed by atoms with van der Waals surface area (Å²) in [6, 6.07) is 0. The van der Waals surface area contributed by atoms with Gasteiger partial charge in [-0.25, -0.2) is 0 Å². The summed E-state index contributed by atoms with van der Waals surface area (Å²) < 4.78 is 5.43. The lowest BCUT2D eigenvalue weighted by Gasteiger charge is -1.96. The summed E-state index contributed by atoms with van der Waals surface area (Å²) in [6.45, 7) is 1.66. The topological polar surface area (TPSA) is 42.1 Å². The Labute approximate surface area is 73.0 Å². The summed E-state index contributed by atoms with van der Waals surface area (Å²) in [4.78, 5) is 13.3. The largest absolute Gasteiger partial charge is 0.459 e. The molecule has 1 rings (SSSR count). The number of aromatic nitrogens is 1. The van der Waals surface area contributed by atoms with Crippen molar-refractivity contribution in [2.45, 2.75) is 13.5 Å². The van der Waals surface area contributed by atoms with E-state index in [1.54, 1.807) is 0 Å². The standard InChI is InChI=1S/C6H7NO2S2/c1-4(8)9-2-5-3-11-6(10)7-5/h3H,2H2,1H3,(H,7,10). The van der Waals surface area contributed by atoms with E-state index in [0.717, 1.165) is 5.69 Å². The third kappa shape index (κ3) is 2.81. The second-order valence-electron chi connectivity index (χ2n) is 1.95. The molecular weight excluding hydrogens is 182 g/mol. The number of hydrogen-bond acceptors (Lipinski definition) is 4. The molecule has 0 saturated carbocycles. The number of H-pyrrole nitrogens is 1. The van der Waals surface area contributed by atoms with Crippen molar-refractivity contribution in [3.8, 4) is 0 Å². The van der Waals surface area contributed by atoms with Gasteiger partial charge in [-0.05, 0) is 12.2 Å². The van der Waals surface area contributed by atoms with E-state index in [1.807, 2.05) is 5.38 Å². The fourth-order valence-corrected chi connectivity index (χ4v) is 1.41. The van der Waals surface area contributed by atoms with Gasteiger partial charge < -0.3 is 9.72 Å². The molecular formula is C6H7NO2S2. The van der Waals surface area contributed by atoms with Gasteiger partial charge >= 0.3 is 5.97 Å². The van der Waals surface area contributed by atoms with Crippen molar-refractivity contribution in [3.05, 3.63) is 15.0 Å². The van der Waals surface area contributed by atoms with Gasteiger partial charge in [0.05, 0.1) is 5.69 Å². The molecule has 0 atom stereocenters. The normalized spacial score (nSPS) is 9.55. The Morgan fingerprint density at radius 1 is 1.91 bits per heavy atom. The highest BCUT2D eigenvalue weighted by atomic mass is 32.1. The van der Waals surface area contributed by atoms with Gasteiger partial charge in [0.25, 0.3) is 0 Å². The Balaban J connectivity index is 2.51. The van der Waals surface area contributed by atoms with Crippen LogP contribution in [-0.4, -0.2) is 11.0 Å². The van der Waals surface area contributed by atoms with Crippen LogP contribution < -0.4 is 0 Å². The number of hydrogen-bond donors (Lipinski definition) is 1. The van der Waals surface area contributed by atoms with E-state index < -0.39 is 0 Å². The zero-order valence-electron chi connectivity index (χ0n) is 5.92. The highest BCUT2D eigenvalue weighted by Gasteiger charge is 1.96. The molecule has 3 nitrogen and oxygen atoms in total. The molecule has 0 aliphatic rings. The predicted molar refractivity (Wildman–Crippen MR) is 45.0 cm³/mol. The van der Waals surface area contributed by atoms with Gasteiger partial charge in [-0.3, -0.25) is 4.79 Å². The fraction of sp³-hybridized carbons (Fsp3) is 0.333. The van der Waals surface area contributed by atoms with Crippen LogP contribution in [-0.2, 0) is 16.1 Å². The Hall–Kier alpha value is -0.680. The number of nitrogens with one attached hydrogen (secondary N) is 1. The molecule has 1 N–H and O–H groups in total. The molecule has 60 valence electrons. The van der Waals surface area contributed by atoms with Gasteiger partial charge in [-0.15, -0.1) is 11.3 Å². The van der Waals surface area contributed by atoms with Gasteiger partial charge in [-0.2, -0.15) is 0 Å². The van der Waals surface area contributed by atoms with Gasteiger partial charge in [-0.1, -0.05) is 0 Å². The minimum absolute atomic E-state index is 0.280. The molecule has 0 aliphatic heterocycles. The first-order valence-electron chi connectivity index (χ1n) is 2.98. The first-order chi connectivity index (χ1) is 5.18. The molecule has 0 aromatic carbocycles. The summed E-state index contributed by atoms with van der Waals surface area (Å²) in [6.07, 6.45) is 0. The summed E-state index contributed by atoms with van der Waals surface area (Å²) in [5.41, 5.74) is 0.843. The van der Waals surface area contributed by atoms with Crippen LogP contribution in [0.1, 0.15) is 12.6 Å². The SMILES string of the molecule is CC(=O)OCc1csc(=S)[nH]1. The Morgan fingerprint density at radius 2 is 2.64 bits per heavy atom. The van der Waals surface area contributed by atoms with Crippen LogP contribution in [0.2, 0.25) is 0 Å². The summed E-state index contributed by atoms with van der Waals surface area (Å²) in [7, 11) is 0. The second kappa shape index (κ2) is 3.64. The molecule has 5 heteroatoms. The number of rotatable bonds is 2. The van der Waals surface area contributed by atoms with Gasteiger partial charge in [0.15, 0.2) is 3.95 Å². The van der Waals surface area contributed by atoms with Crippen LogP contribution >= 0.6 is 23.6 Å². The minimum Gasteiger partial charge on any atom is -0.459 e. The van der Waals surface area contributed by atoms with Crippen molar-refractivity contribution < 1.29 is 9.53 Å². The third-order valence-electron chi connectivity index (χ3n) is 1.00. The van der Waals surface area contributed by atoms with Crippen molar-refractivity contribution in [2.75, 3.05) is 0 Å². The third-order valence-corrected chi connectivity index (χ3v) is 2.11. The molecule has 0 unspecified atom stereocenters. The quantitative estimate of drug-likeness (QED) is 0.570. The lowest BCUT2D eigenvalue weighted by molar-refractivity contribution is -0.142. The number of ether oxygens (including phenoxy) is 1. The molecule has 0 bridgehead atoms. The van der Waals surface area contributed by atoms with E-state index in [4.69, 9.17) is 17.0 Å². The lowest BCUT2D eigenvalue weighted by atomic mass is 10.5. The zero-order valence-corrected chi connectivity index (χ0v) is 7.55. The van der Waals surface area contributed by atoms with Gasteiger partial charge in [0.2, 0.25) is 0 Å². The van der Waals surface area contributed by atoms with Gasteiger partial charge in [0, 0.05) is 12.3 Å². The molecule has 1 aromatic rings. The monoisotopic (exact) mass is 189 g/mol. The van der Waals surface area contributed by atoms with Crippen molar-refractivity contribution >= 4 is 29.5 Å². The maximum Gasteiger partial charge on any atom is 0.303 e. The molecule has 11 heavy (non-hydrogen) atoms. The maximum atomic E-state index is 10.4. The van der Waals surface area contributed by atoms with E-state index in [1.165, 1.54) is 18.3 Å². The lowest BCUT2D eigenvalue weighted by Crippen LogP contribution is -1.98. The molecule has 1 aromatic heterocycles. The predicted octanol–water partition coefficient (Wildman–Crippen LogP) is 1.87. The van der Waals surface area contributed by atoms with Gasteiger partial charge in [0.1, 0.15) is 6.61 Å². The van der Waals surface area contributed by atoms with E-state index in [0.29, 0.717) is 3.95 Å². The fourth-order valence-electron chi connectivity index (χ4n) is 0.564. The molecule has 0 aliphatic carbocycles. The smallest absolute Gasteiger partial charge is 0.303 e. The van der Waals surface area contributed by atoms with Crippen molar-refractivity contribution in [1.29, 1.82) is 0 Å². The second-order valence-corrected chi connectivity index (χ2v) is 3.50. The van der Waals surface area contributed by atoms with Crippen LogP contribution in [0.5, 0.6) is 0 Å². The summed E-state index contributed by atoms with van der Waals surface area (Å²) in [5, 5.41) is 1.84. The van der Waals surface area contributed by atoms with Crippen LogP contribution in [0.4, 0.5) is 0 Å². The minimum atomic E-state index is -0.282. The molecule has 1 heterocycles. The highest BCUT2D eigenvalue weighted by Crippen LogP contribution is 2.05. The highest BCUT2D eigenvalue weighted by molar-refractivity contribution is 7.73. The first-order valence-corrected chi connectivity index (χ1v) is 4.27. The molecule has 0 saturated heterocycles. The van der Waals surface area contributed by atoms with E-state index >= 15 is 0 Å². The molecule has 0 radical (unpaired) electrons. The van der Waals surface area contributed by atoms with E-state index in [-0.39, 0.29) is 12.6 Å². The number of aromatic amines is 1. The van der Waals surface area contributed by atoms with E-state index in [2.05, 4.69) is 4.98 Å².